The molecular formula is C20H20N2O. The van der Waals surface area contributed by atoms with Crippen molar-refractivity contribution in [2.45, 2.75) is 20.3 Å². The van der Waals surface area contributed by atoms with Crippen LogP contribution in [0.1, 0.15) is 18.2 Å². The van der Waals surface area contributed by atoms with Gasteiger partial charge in [0.2, 0.25) is 0 Å². The fourth-order valence-corrected chi connectivity index (χ4v) is 3.38. The van der Waals surface area contributed by atoms with Gasteiger partial charge in [0.15, 0.2) is 0 Å². The summed E-state index contributed by atoms with van der Waals surface area (Å²) < 4.78 is 5.69. The smallest absolute Gasteiger partial charge is 0.120 e. The molecule has 1 aromatic heterocycles. The minimum absolute atomic E-state index is 0.673. The lowest BCUT2D eigenvalue weighted by Gasteiger charge is -2.22. The first-order valence-electron chi connectivity index (χ1n) is 8.16. The van der Waals surface area contributed by atoms with E-state index in [-0.39, 0.29) is 0 Å². The van der Waals surface area contributed by atoms with Gasteiger partial charge in [-0.2, -0.15) is 0 Å². The highest BCUT2D eigenvalue weighted by atomic mass is 16.5. The molecule has 3 aromatic rings. The maximum atomic E-state index is 5.69. The van der Waals surface area contributed by atoms with Gasteiger partial charge in [-0.1, -0.05) is 18.2 Å². The van der Waals surface area contributed by atoms with Crippen LogP contribution < -0.4 is 9.64 Å². The number of ether oxygens (including phenoxy) is 1. The van der Waals surface area contributed by atoms with E-state index in [9.17, 15) is 0 Å². The molecule has 0 saturated heterocycles. The molecular weight excluding hydrogens is 284 g/mol. The van der Waals surface area contributed by atoms with Gasteiger partial charge in [0.25, 0.3) is 0 Å². The van der Waals surface area contributed by atoms with E-state index < -0.39 is 0 Å². The van der Waals surface area contributed by atoms with Crippen LogP contribution in [0.25, 0.3) is 10.9 Å². The van der Waals surface area contributed by atoms with Crippen molar-refractivity contribution in [3.63, 3.8) is 0 Å². The normalized spacial score (nSPS) is 13.4. The number of pyridine rings is 1. The molecule has 0 aliphatic carbocycles. The topological polar surface area (TPSA) is 25.4 Å². The number of aryl methyl sites for hydroxylation is 1. The van der Waals surface area contributed by atoms with Crippen molar-refractivity contribution in [2.75, 3.05) is 18.1 Å². The van der Waals surface area contributed by atoms with Gasteiger partial charge in [-0.3, -0.25) is 4.98 Å². The van der Waals surface area contributed by atoms with Gasteiger partial charge in [0.1, 0.15) is 5.75 Å². The Kier molecular flexibility index (Phi) is 3.41. The van der Waals surface area contributed by atoms with E-state index >= 15 is 0 Å². The summed E-state index contributed by atoms with van der Waals surface area (Å²) in [5.74, 6) is 0.902. The Hall–Kier alpha value is -2.55. The molecule has 2 heterocycles. The zero-order chi connectivity index (χ0) is 15.8. The summed E-state index contributed by atoms with van der Waals surface area (Å²) in [6, 6.07) is 17.0. The third-order valence-electron chi connectivity index (χ3n) is 4.38. The fourth-order valence-electron chi connectivity index (χ4n) is 3.38. The van der Waals surface area contributed by atoms with E-state index in [0.29, 0.717) is 6.61 Å². The monoisotopic (exact) mass is 304 g/mol. The van der Waals surface area contributed by atoms with Gasteiger partial charge in [0, 0.05) is 23.3 Å². The van der Waals surface area contributed by atoms with Crippen molar-refractivity contribution in [1.29, 1.82) is 0 Å². The minimum atomic E-state index is 0.673. The molecule has 3 nitrogen and oxygen atoms in total. The first-order valence-corrected chi connectivity index (χ1v) is 8.16. The predicted octanol–water partition coefficient (Wildman–Crippen LogP) is 4.64. The molecule has 2 aromatic carbocycles. The van der Waals surface area contributed by atoms with Gasteiger partial charge < -0.3 is 9.64 Å². The summed E-state index contributed by atoms with van der Waals surface area (Å²) in [7, 11) is 0. The molecule has 1 aliphatic heterocycles. The maximum Gasteiger partial charge on any atom is 0.120 e. The average Bonchev–Trinajstić information content (AvgIpc) is 2.98. The van der Waals surface area contributed by atoms with Gasteiger partial charge in [-0.15, -0.1) is 0 Å². The van der Waals surface area contributed by atoms with Gasteiger partial charge in [-0.05, 0) is 56.2 Å². The van der Waals surface area contributed by atoms with Crippen LogP contribution in [-0.2, 0) is 6.42 Å². The zero-order valence-electron chi connectivity index (χ0n) is 13.5. The Balaban J connectivity index is 1.90. The second kappa shape index (κ2) is 5.58. The first-order chi connectivity index (χ1) is 11.3. The van der Waals surface area contributed by atoms with Crippen molar-refractivity contribution in [3.05, 3.63) is 59.8 Å². The molecule has 23 heavy (non-hydrogen) atoms. The molecule has 0 atom stereocenters. The van der Waals surface area contributed by atoms with E-state index in [0.717, 1.165) is 35.3 Å². The lowest BCUT2D eigenvalue weighted by atomic mass is 10.1. The molecule has 116 valence electrons. The fraction of sp³-hybridized carbons (Fsp3) is 0.250. The number of para-hydroxylation sites is 1. The Bertz CT molecular complexity index is 873. The lowest BCUT2D eigenvalue weighted by molar-refractivity contribution is 0.340. The van der Waals surface area contributed by atoms with E-state index in [1.807, 2.05) is 13.0 Å². The second-order valence-corrected chi connectivity index (χ2v) is 5.93. The van der Waals surface area contributed by atoms with Crippen LogP contribution in [0.3, 0.4) is 0 Å². The van der Waals surface area contributed by atoms with Crippen LogP contribution >= 0.6 is 0 Å². The number of rotatable bonds is 3. The van der Waals surface area contributed by atoms with Crippen LogP contribution in [0.5, 0.6) is 5.75 Å². The standard InChI is InChI=1S/C20H20N2O/c1-3-23-16-8-9-18-17(13-16)20(12-14(2)21-18)22-11-10-15-6-4-5-7-19(15)22/h4-9,12-13H,3,10-11H2,1-2H3. The Morgan fingerprint density at radius 1 is 1.09 bits per heavy atom. The Morgan fingerprint density at radius 3 is 2.83 bits per heavy atom. The summed E-state index contributed by atoms with van der Waals surface area (Å²) in [6.07, 6.45) is 1.09. The van der Waals surface area contributed by atoms with E-state index in [1.54, 1.807) is 0 Å². The molecule has 3 heteroatoms. The molecule has 0 amide bonds. The van der Waals surface area contributed by atoms with Crippen molar-refractivity contribution >= 4 is 22.3 Å². The number of aromatic nitrogens is 1. The summed E-state index contributed by atoms with van der Waals surface area (Å²) >= 11 is 0. The third-order valence-corrected chi connectivity index (χ3v) is 4.38. The van der Waals surface area contributed by atoms with Crippen molar-refractivity contribution in [3.8, 4) is 5.75 Å². The molecule has 0 N–H and O–H groups in total. The molecule has 0 radical (unpaired) electrons. The minimum Gasteiger partial charge on any atom is -0.494 e. The number of nitrogens with zero attached hydrogens (tertiary/aromatic N) is 2. The highest BCUT2D eigenvalue weighted by Crippen LogP contribution is 2.39. The highest BCUT2D eigenvalue weighted by Gasteiger charge is 2.22. The molecule has 0 spiro atoms. The van der Waals surface area contributed by atoms with E-state index in [1.165, 1.54) is 16.9 Å². The molecule has 1 aliphatic rings. The maximum absolute atomic E-state index is 5.69. The molecule has 4 rings (SSSR count). The number of benzene rings is 2. The second-order valence-electron chi connectivity index (χ2n) is 5.93. The quantitative estimate of drug-likeness (QED) is 0.705. The largest absolute Gasteiger partial charge is 0.494 e. The summed E-state index contributed by atoms with van der Waals surface area (Å²) in [5, 5.41) is 1.15. The van der Waals surface area contributed by atoms with Crippen LogP contribution in [0.2, 0.25) is 0 Å². The molecule has 0 unspecified atom stereocenters. The number of hydrogen-bond acceptors (Lipinski definition) is 3. The number of fused-ring (bicyclic) bond motifs is 2. The van der Waals surface area contributed by atoms with Crippen molar-refractivity contribution in [1.82, 2.24) is 4.98 Å². The van der Waals surface area contributed by atoms with E-state index in [4.69, 9.17) is 4.74 Å². The van der Waals surface area contributed by atoms with Crippen LogP contribution in [0.4, 0.5) is 11.4 Å². The van der Waals surface area contributed by atoms with Crippen LogP contribution in [0, 0.1) is 6.92 Å². The average molecular weight is 304 g/mol. The first kappa shape index (κ1) is 14.1. The SMILES string of the molecule is CCOc1ccc2nc(C)cc(N3CCc4ccccc43)c2c1. The molecule has 0 bridgehead atoms. The summed E-state index contributed by atoms with van der Waals surface area (Å²) in [5.41, 5.74) is 6.00. The van der Waals surface area contributed by atoms with Crippen LogP contribution in [0.15, 0.2) is 48.5 Å². The van der Waals surface area contributed by atoms with Gasteiger partial charge >= 0.3 is 0 Å². The van der Waals surface area contributed by atoms with Crippen LogP contribution in [-0.4, -0.2) is 18.1 Å². The number of anilines is 2. The third kappa shape index (κ3) is 2.42. The summed E-state index contributed by atoms with van der Waals surface area (Å²) in [6.45, 7) is 5.75. The van der Waals surface area contributed by atoms with Gasteiger partial charge in [0.05, 0.1) is 17.8 Å². The Labute approximate surface area is 136 Å². The van der Waals surface area contributed by atoms with E-state index in [2.05, 4.69) is 59.3 Å². The Morgan fingerprint density at radius 2 is 1.96 bits per heavy atom. The number of hydrogen-bond donors (Lipinski definition) is 0. The van der Waals surface area contributed by atoms with Crippen molar-refractivity contribution < 1.29 is 4.74 Å². The summed E-state index contributed by atoms with van der Waals surface area (Å²) in [4.78, 5) is 7.09. The van der Waals surface area contributed by atoms with Crippen molar-refractivity contribution in [2.24, 2.45) is 0 Å². The van der Waals surface area contributed by atoms with Gasteiger partial charge in [-0.25, -0.2) is 0 Å². The predicted molar refractivity (Wildman–Crippen MR) is 94.8 cm³/mol. The molecule has 0 fully saturated rings. The zero-order valence-corrected chi connectivity index (χ0v) is 13.5. The lowest BCUT2D eigenvalue weighted by Crippen LogP contribution is -2.14. The highest BCUT2D eigenvalue weighted by molar-refractivity contribution is 5.95. The molecule has 0 saturated carbocycles.